The first-order valence-corrected chi connectivity index (χ1v) is 21.7. The molecule has 1 spiro atoms. The molecule has 0 radical (unpaired) electrons. The second kappa shape index (κ2) is 14.7. The average molecular weight is 811 g/mol. The van der Waals surface area contributed by atoms with Crippen molar-refractivity contribution in [2.75, 3.05) is 20.8 Å². The molecule has 4 N–H and O–H groups in total. The Bertz CT molecular complexity index is 2270. The number of aromatic amines is 2. The van der Waals surface area contributed by atoms with E-state index >= 15 is 0 Å². The highest BCUT2D eigenvalue weighted by Crippen LogP contribution is 2.58. The highest BCUT2D eigenvalue weighted by molar-refractivity contribution is 7.19. The van der Waals surface area contributed by atoms with Gasteiger partial charge >= 0.3 is 12.2 Å². The number of benzene rings is 1. The van der Waals surface area contributed by atoms with Crippen molar-refractivity contribution in [1.82, 2.24) is 40.4 Å². The Labute approximate surface area is 342 Å². The molecule has 4 aromatic rings. The van der Waals surface area contributed by atoms with Crippen molar-refractivity contribution in [1.29, 1.82) is 0 Å². The van der Waals surface area contributed by atoms with Crippen molar-refractivity contribution in [2.24, 2.45) is 23.2 Å². The second-order valence-corrected chi connectivity index (χ2v) is 18.9. The van der Waals surface area contributed by atoms with Crippen molar-refractivity contribution >= 4 is 46.4 Å². The van der Waals surface area contributed by atoms with Gasteiger partial charge in [0.15, 0.2) is 0 Å². The van der Waals surface area contributed by atoms with Gasteiger partial charge in [-0.2, -0.15) is 0 Å². The van der Waals surface area contributed by atoms with Gasteiger partial charge < -0.3 is 39.9 Å². The highest BCUT2D eigenvalue weighted by Gasteiger charge is 2.56. The minimum atomic E-state index is -0.690. The SMILES string of the molecule is COC(=O)N[C@H](C(=O)N1CCC[C@H]1c1ncc(-c2sc(-c3ccc4nc([C@@H]5CC6CC6N5C(=O)[C@@H](NC(=O)OC)C(C)C)[nH]c4c3)c3c2CC2(CCC2)C3)[nH]1)C(C)C. The summed E-state index contributed by atoms with van der Waals surface area (Å²) in [5.41, 5.74) is 7.06. The number of nitrogens with zero attached hydrogens (tertiary/aromatic N) is 4. The third-order valence-corrected chi connectivity index (χ3v) is 14.9. The number of fused-ring (bicyclic) bond motifs is 3. The number of piperidine rings is 1. The minimum absolute atomic E-state index is 0.0901. The molecule has 2 saturated carbocycles. The van der Waals surface area contributed by atoms with Gasteiger partial charge in [0, 0.05) is 17.5 Å². The van der Waals surface area contributed by atoms with Crippen LogP contribution in [0.2, 0.25) is 0 Å². The fraction of sp³-hybridized carbons (Fsp3) is 0.581. The molecule has 58 heavy (non-hydrogen) atoms. The highest BCUT2D eigenvalue weighted by atomic mass is 32.1. The van der Waals surface area contributed by atoms with Crippen LogP contribution in [-0.4, -0.2) is 92.6 Å². The third-order valence-electron chi connectivity index (χ3n) is 13.5. The van der Waals surface area contributed by atoms with E-state index in [0.29, 0.717) is 17.9 Å². The van der Waals surface area contributed by atoms with Gasteiger partial charge in [0.2, 0.25) is 11.8 Å². The molecule has 9 rings (SSSR count). The Morgan fingerprint density at radius 2 is 1.55 bits per heavy atom. The lowest BCUT2D eigenvalue weighted by atomic mass is 9.67. The van der Waals surface area contributed by atoms with Gasteiger partial charge in [-0.1, -0.05) is 40.2 Å². The van der Waals surface area contributed by atoms with E-state index in [1.165, 1.54) is 54.4 Å². The quantitative estimate of drug-likeness (QED) is 0.132. The van der Waals surface area contributed by atoms with E-state index < -0.39 is 24.3 Å². The molecule has 0 bridgehead atoms. The fourth-order valence-electron chi connectivity index (χ4n) is 10.2. The number of likely N-dealkylation sites (tertiary alicyclic amines) is 2. The van der Waals surface area contributed by atoms with Crippen LogP contribution in [0, 0.1) is 23.2 Å². The number of methoxy groups -OCH3 is 2. The number of nitrogens with one attached hydrogen (secondary N) is 4. The standard InChI is InChI=1S/C43H54N8O6S/c1-21(2)33(48-41(54)56-5)39(52)50-14-7-9-30(50)37-44-20-29(47-37)36-26-19-43(12-8-13-43)18-25(26)35(58-36)23-10-11-27-28(15-23)46-38(45-27)32-17-24-16-31(24)51(32)40(53)34(22(3)4)49-42(55)57-6/h10-11,15,20-22,24,30-34H,7-9,12-14,16-19H2,1-6H3,(H,44,47)(H,45,46)(H,48,54)(H,49,55)/t24?,30-,31?,32-,33-,34-/m0/s1. The van der Waals surface area contributed by atoms with E-state index in [9.17, 15) is 19.2 Å². The number of rotatable bonds is 10. The molecule has 4 amide bonds. The molecule has 3 aliphatic carbocycles. The van der Waals surface area contributed by atoms with Crippen molar-refractivity contribution in [3.05, 3.63) is 47.2 Å². The normalized spacial score (nSPS) is 23.9. The van der Waals surface area contributed by atoms with Crippen LogP contribution in [0.5, 0.6) is 0 Å². The molecule has 2 saturated heterocycles. The second-order valence-electron chi connectivity index (χ2n) is 17.9. The number of aromatic nitrogens is 4. The van der Waals surface area contributed by atoms with Crippen molar-refractivity contribution in [2.45, 2.75) is 116 Å². The molecule has 2 aliphatic heterocycles. The lowest BCUT2D eigenvalue weighted by Crippen LogP contribution is -2.52. The molecule has 1 aromatic carbocycles. The van der Waals surface area contributed by atoms with E-state index in [0.717, 1.165) is 72.5 Å². The third kappa shape index (κ3) is 6.62. The number of imidazole rings is 2. The fourth-order valence-corrected chi connectivity index (χ4v) is 11.5. The Morgan fingerprint density at radius 3 is 2.21 bits per heavy atom. The topological polar surface area (TPSA) is 175 Å². The Balaban J connectivity index is 1.00. The Morgan fingerprint density at radius 1 is 0.862 bits per heavy atom. The summed E-state index contributed by atoms with van der Waals surface area (Å²) in [7, 11) is 2.62. The van der Waals surface area contributed by atoms with E-state index in [1.807, 2.05) is 43.7 Å². The number of hydrogen-bond acceptors (Lipinski definition) is 9. The first-order valence-electron chi connectivity index (χ1n) is 20.9. The molecule has 3 aromatic heterocycles. The monoisotopic (exact) mass is 810 g/mol. The summed E-state index contributed by atoms with van der Waals surface area (Å²) in [4.78, 5) is 75.6. The van der Waals surface area contributed by atoms with Gasteiger partial charge in [-0.05, 0) is 103 Å². The van der Waals surface area contributed by atoms with Gasteiger partial charge in [0.1, 0.15) is 23.7 Å². The molecule has 6 atom stereocenters. The van der Waals surface area contributed by atoms with Gasteiger partial charge in [0.25, 0.3) is 0 Å². The van der Waals surface area contributed by atoms with Crippen LogP contribution in [0.3, 0.4) is 0 Å². The van der Waals surface area contributed by atoms with Gasteiger partial charge in [-0.15, -0.1) is 11.3 Å². The summed E-state index contributed by atoms with van der Waals surface area (Å²) in [5, 5.41) is 5.51. The van der Waals surface area contributed by atoms with Crippen molar-refractivity contribution < 1.29 is 28.7 Å². The van der Waals surface area contributed by atoms with Crippen LogP contribution in [-0.2, 0) is 31.9 Å². The van der Waals surface area contributed by atoms with Crippen LogP contribution < -0.4 is 10.6 Å². The Kier molecular flexibility index (Phi) is 9.79. The van der Waals surface area contributed by atoms with E-state index in [-0.39, 0.29) is 41.8 Å². The maximum Gasteiger partial charge on any atom is 0.407 e. The summed E-state index contributed by atoms with van der Waals surface area (Å²) < 4.78 is 9.67. The zero-order valence-corrected chi connectivity index (χ0v) is 35.0. The first-order chi connectivity index (χ1) is 27.9. The van der Waals surface area contributed by atoms with Crippen LogP contribution in [0.25, 0.3) is 32.0 Å². The molecule has 14 nitrogen and oxygen atoms in total. The van der Waals surface area contributed by atoms with E-state index in [1.54, 1.807) is 11.3 Å². The van der Waals surface area contributed by atoms with Gasteiger partial charge in [0.05, 0.1) is 54.1 Å². The maximum atomic E-state index is 14.0. The van der Waals surface area contributed by atoms with Crippen LogP contribution in [0.15, 0.2) is 24.4 Å². The summed E-state index contributed by atoms with van der Waals surface area (Å²) in [6.07, 6.45) is 10.0. The number of carbonyl (C=O) groups excluding carboxylic acids is 4. The summed E-state index contributed by atoms with van der Waals surface area (Å²) in [6.45, 7) is 8.32. The largest absolute Gasteiger partial charge is 0.453 e. The Hall–Kier alpha value is -4.92. The zero-order chi connectivity index (χ0) is 40.6. The van der Waals surface area contributed by atoms with Crippen LogP contribution in [0.1, 0.15) is 108 Å². The predicted molar refractivity (Wildman–Crippen MR) is 219 cm³/mol. The minimum Gasteiger partial charge on any atom is -0.453 e. The van der Waals surface area contributed by atoms with Gasteiger partial charge in [-0.25, -0.2) is 19.6 Å². The van der Waals surface area contributed by atoms with Crippen LogP contribution >= 0.6 is 11.3 Å². The predicted octanol–water partition coefficient (Wildman–Crippen LogP) is 7.04. The maximum absolute atomic E-state index is 14.0. The molecule has 308 valence electrons. The van der Waals surface area contributed by atoms with Crippen molar-refractivity contribution in [3.63, 3.8) is 0 Å². The van der Waals surface area contributed by atoms with E-state index in [4.69, 9.17) is 19.4 Å². The number of carbonyl (C=O) groups is 4. The first kappa shape index (κ1) is 38.6. The lowest BCUT2D eigenvalue weighted by Gasteiger charge is -2.38. The molecule has 2 unspecified atom stereocenters. The molecule has 5 aliphatic rings. The molecule has 5 heterocycles. The smallest absolute Gasteiger partial charge is 0.407 e. The molecular formula is C43H54N8O6S. The number of alkyl carbamates (subject to hydrolysis) is 2. The zero-order valence-electron chi connectivity index (χ0n) is 34.1. The van der Waals surface area contributed by atoms with Gasteiger partial charge in [-0.3, -0.25) is 9.59 Å². The summed E-state index contributed by atoms with van der Waals surface area (Å²) >= 11 is 1.80. The number of thiophene rings is 1. The molecule has 15 heteroatoms. The van der Waals surface area contributed by atoms with E-state index in [2.05, 4.69) is 38.8 Å². The average Bonchev–Trinajstić information content (AvgIpc) is 3.89. The summed E-state index contributed by atoms with van der Waals surface area (Å²) in [6, 6.07) is 4.86. The van der Waals surface area contributed by atoms with Crippen molar-refractivity contribution in [3.8, 4) is 21.0 Å². The number of ether oxygens (including phenoxy) is 2. The summed E-state index contributed by atoms with van der Waals surface area (Å²) in [5.74, 6) is 1.57. The lowest BCUT2D eigenvalue weighted by molar-refractivity contribution is -0.137. The van der Waals surface area contributed by atoms with Crippen LogP contribution in [0.4, 0.5) is 9.59 Å². The number of H-pyrrole nitrogens is 2. The number of amides is 4. The number of hydrogen-bond donors (Lipinski definition) is 4. The molecule has 4 fully saturated rings. The molecular weight excluding hydrogens is 757 g/mol.